The van der Waals surface area contributed by atoms with Gasteiger partial charge in [0, 0.05) is 11.1 Å². The van der Waals surface area contributed by atoms with E-state index >= 15 is 0 Å². The Morgan fingerprint density at radius 3 is 2.35 bits per heavy atom. The fourth-order valence-corrected chi connectivity index (χ4v) is 2.65. The van der Waals surface area contributed by atoms with Gasteiger partial charge < -0.3 is 15.5 Å². The lowest BCUT2D eigenvalue weighted by atomic mass is 10.1. The molecule has 1 aromatic carbocycles. The van der Waals surface area contributed by atoms with Crippen molar-refractivity contribution in [2.45, 2.75) is 31.1 Å². The number of alkyl halides is 3. The molecule has 1 aliphatic rings. The Kier molecular flexibility index (Phi) is 5.75. The zero-order valence-corrected chi connectivity index (χ0v) is 13.4. The minimum atomic E-state index is -4.59. The van der Waals surface area contributed by atoms with Gasteiger partial charge in [0.05, 0.1) is 0 Å². The second-order valence-electron chi connectivity index (χ2n) is 5.72. The first kappa shape index (κ1) is 17.9. The largest absolute Gasteiger partial charge is 0.412 e. The number of nitrogens with one attached hydrogen (secondary N) is 2. The highest BCUT2D eigenvalue weighted by atomic mass is 35.5. The smallest absolute Gasteiger partial charge is 0.335 e. The van der Waals surface area contributed by atoms with Crippen LogP contribution in [0.1, 0.15) is 24.4 Å². The molecule has 2 amide bonds. The number of hydrogen-bond acceptors (Lipinski definition) is 2. The van der Waals surface area contributed by atoms with Crippen LogP contribution in [0.2, 0.25) is 5.02 Å². The van der Waals surface area contributed by atoms with Crippen molar-refractivity contribution in [3.8, 4) is 0 Å². The van der Waals surface area contributed by atoms with Gasteiger partial charge in [-0.1, -0.05) is 23.7 Å². The summed E-state index contributed by atoms with van der Waals surface area (Å²) in [5, 5.41) is 4.98. The van der Waals surface area contributed by atoms with Crippen molar-refractivity contribution in [2.75, 3.05) is 20.1 Å². The number of hydrogen-bond donors (Lipinski definition) is 2. The van der Waals surface area contributed by atoms with Gasteiger partial charge in [0.25, 0.3) is 0 Å². The summed E-state index contributed by atoms with van der Waals surface area (Å²) in [5.41, 5.74) is -0.0552. The zero-order valence-electron chi connectivity index (χ0n) is 12.7. The average molecular weight is 350 g/mol. The summed E-state index contributed by atoms with van der Waals surface area (Å²) in [7, 11) is 1.97. The molecule has 0 saturated carbocycles. The molecule has 1 fully saturated rings. The topological polar surface area (TPSA) is 44.4 Å². The number of halogens is 4. The second kappa shape index (κ2) is 7.40. The van der Waals surface area contributed by atoms with Crippen LogP contribution in [0.15, 0.2) is 24.3 Å². The predicted molar refractivity (Wildman–Crippen MR) is 82.4 cm³/mol. The molecule has 0 radical (unpaired) electrons. The molecule has 0 aliphatic carbocycles. The third-order valence-electron chi connectivity index (χ3n) is 3.86. The van der Waals surface area contributed by atoms with E-state index in [2.05, 4.69) is 10.2 Å². The van der Waals surface area contributed by atoms with Gasteiger partial charge in [-0.3, -0.25) is 0 Å². The molecule has 1 aromatic rings. The minimum Gasteiger partial charge on any atom is -0.335 e. The molecule has 0 bridgehead atoms. The highest BCUT2D eigenvalue weighted by molar-refractivity contribution is 6.30. The van der Waals surface area contributed by atoms with E-state index in [1.54, 1.807) is 0 Å². The van der Waals surface area contributed by atoms with Crippen LogP contribution in [0.4, 0.5) is 18.0 Å². The van der Waals surface area contributed by atoms with E-state index in [4.69, 9.17) is 11.6 Å². The highest BCUT2D eigenvalue weighted by Gasteiger charge is 2.42. The molecule has 8 heteroatoms. The van der Waals surface area contributed by atoms with Crippen molar-refractivity contribution in [1.82, 2.24) is 15.5 Å². The Hall–Kier alpha value is -1.47. The summed E-state index contributed by atoms with van der Waals surface area (Å²) >= 11 is 5.69. The van der Waals surface area contributed by atoms with Crippen LogP contribution < -0.4 is 10.6 Å². The van der Waals surface area contributed by atoms with Crippen LogP contribution in [-0.2, 0) is 0 Å². The molecular weight excluding hydrogens is 331 g/mol. The highest BCUT2D eigenvalue weighted by Crippen LogP contribution is 2.33. The summed E-state index contributed by atoms with van der Waals surface area (Å²) in [6.45, 7) is 1.62. The molecule has 1 heterocycles. The number of rotatable bonds is 3. The van der Waals surface area contributed by atoms with Gasteiger partial charge in [0.15, 0.2) is 6.04 Å². The lowest BCUT2D eigenvalue weighted by molar-refractivity contribution is -0.155. The number of amides is 2. The van der Waals surface area contributed by atoms with Crippen molar-refractivity contribution in [3.63, 3.8) is 0 Å². The molecule has 2 rings (SSSR count). The molecule has 0 aromatic heterocycles. The van der Waals surface area contributed by atoms with Gasteiger partial charge >= 0.3 is 12.2 Å². The maximum Gasteiger partial charge on any atom is 0.412 e. The third-order valence-corrected chi connectivity index (χ3v) is 4.11. The van der Waals surface area contributed by atoms with E-state index in [9.17, 15) is 18.0 Å². The van der Waals surface area contributed by atoms with Crippen LogP contribution in [0.25, 0.3) is 0 Å². The molecule has 0 spiro atoms. The summed E-state index contributed by atoms with van der Waals surface area (Å²) in [6.07, 6.45) is -3.14. The molecule has 0 unspecified atom stereocenters. The van der Waals surface area contributed by atoms with E-state index < -0.39 is 18.2 Å². The normalized spacial score (nSPS) is 18.5. The van der Waals surface area contributed by atoms with Gasteiger partial charge in [-0.15, -0.1) is 0 Å². The summed E-state index contributed by atoms with van der Waals surface area (Å²) in [4.78, 5) is 14.0. The Labute approximate surface area is 138 Å². The van der Waals surface area contributed by atoms with Gasteiger partial charge in [-0.25, -0.2) is 4.79 Å². The van der Waals surface area contributed by atoms with Gasteiger partial charge in [-0.05, 0) is 50.7 Å². The maximum atomic E-state index is 13.2. The maximum absolute atomic E-state index is 13.2. The number of urea groups is 1. The predicted octanol–water partition coefficient (Wildman–Crippen LogP) is 3.34. The first-order valence-corrected chi connectivity index (χ1v) is 7.71. The summed E-state index contributed by atoms with van der Waals surface area (Å²) in [6, 6.07) is 2.28. The van der Waals surface area contributed by atoms with Crippen LogP contribution in [-0.4, -0.2) is 43.3 Å². The molecule has 23 heavy (non-hydrogen) atoms. The Balaban J connectivity index is 2.00. The molecule has 4 nitrogen and oxygen atoms in total. The van der Waals surface area contributed by atoms with Gasteiger partial charge in [0.1, 0.15) is 0 Å². The Morgan fingerprint density at radius 2 is 1.83 bits per heavy atom. The Morgan fingerprint density at radius 1 is 1.26 bits per heavy atom. The molecular formula is C15H19ClF3N3O. The lowest BCUT2D eigenvalue weighted by Crippen LogP contribution is -2.49. The number of piperidine rings is 1. The van der Waals surface area contributed by atoms with E-state index in [-0.39, 0.29) is 11.6 Å². The number of carbonyl (C=O) groups excluding carboxylic acids is 1. The summed E-state index contributed by atoms with van der Waals surface area (Å²) < 4.78 is 39.6. The van der Waals surface area contributed by atoms with Crippen molar-refractivity contribution in [3.05, 3.63) is 34.9 Å². The van der Waals surface area contributed by atoms with E-state index in [0.29, 0.717) is 5.02 Å². The molecule has 128 valence electrons. The number of likely N-dealkylation sites (tertiary alicyclic amines) is 1. The number of benzene rings is 1. The monoisotopic (exact) mass is 349 g/mol. The van der Waals surface area contributed by atoms with Crippen LogP contribution >= 0.6 is 11.6 Å². The van der Waals surface area contributed by atoms with E-state index in [1.165, 1.54) is 24.3 Å². The molecule has 1 aliphatic heterocycles. The van der Waals surface area contributed by atoms with Crippen LogP contribution in [0.3, 0.4) is 0 Å². The summed E-state index contributed by atoms with van der Waals surface area (Å²) in [5.74, 6) is 0. The quantitative estimate of drug-likeness (QED) is 0.879. The Bertz CT molecular complexity index is 528. The SMILES string of the molecule is CN1CCC(NC(=O)N[C@@H](c2ccc(Cl)cc2)C(F)(F)F)CC1. The number of carbonyl (C=O) groups is 1. The van der Waals surface area contributed by atoms with E-state index in [0.717, 1.165) is 25.9 Å². The number of nitrogens with zero attached hydrogens (tertiary/aromatic N) is 1. The van der Waals surface area contributed by atoms with Crippen molar-refractivity contribution in [1.29, 1.82) is 0 Å². The minimum absolute atomic E-state index is 0.0552. The zero-order chi connectivity index (χ0) is 17.0. The molecule has 1 atom stereocenters. The average Bonchev–Trinajstić information content (AvgIpc) is 2.47. The van der Waals surface area contributed by atoms with Crippen molar-refractivity contribution in [2.24, 2.45) is 0 Å². The van der Waals surface area contributed by atoms with Gasteiger partial charge in [0.2, 0.25) is 0 Å². The standard InChI is InChI=1S/C15H19ClF3N3O/c1-22-8-6-12(7-9-22)20-14(23)21-13(15(17,18)19)10-2-4-11(16)5-3-10/h2-5,12-13H,6-9H2,1H3,(H2,20,21,23)/t13-/m0/s1. The first-order chi connectivity index (χ1) is 10.8. The molecule has 2 N–H and O–H groups in total. The second-order valence-corrected chi connectivity index (χ2v) is 6.16. The van der Waals surface area contributed by atoms with Crippen molar-refractivity contribution < 1.29 is 18.0 Å². The lowest BCUT2D eigenvalue weighted by Gasteiger charge is -2.30. The fraction of sp³-hybridized carbons (Fsp3) is 0.533. The molecule has 1 saturated heterocycles. The van der Waals surface area contributed by atoms with Crippen LogP contribution in [0.5, 0.6) is 0 Å². The van der Waals surface area contributed by atoms with Gasteiger partial charge in [-0.2, -0.15) is 13.2 Å². The van der Waals surface area contributed by atoms with Crippen LogP contribution in [0, 0.1) is 0 Å². The van der Waals surface area contributed by atoms with Crippen molar-refractivity contribution >= 4 is 17.6 Å². The first-order valence-electron chi connectivity index (χ1n) is 7.33. The third kappa shape index (κ3) is 5.28. The fourth-order valence-electron chi connectivity index (χ4n) is 2.52. The van der Waals surface area contributed by atoms with E-state index in [1.807, 2.05) is 12.4 Å².